The Labute approximate surface area is 161 Å². The summed E-state index contributed by atoms with van der Waals surface area (Å²) in [6, 6.07) is 3.70. The Morgan fingerprint density at radius 3 is 2.78 bits per heavy atom. The van der Waals surface area contributed by atoms with E-state index in [-0.39, 0.29) is 22.8 Å². The number of aromatic amines is 1. The van der Waals surface area contributed by atoms with Gasteiger partial charge in [-0.2, -0.15) is 0 Å². The number of aryl methyl sites for hydroxylation is 1. The number of hydrogen-bond acceptors (Lipinski definition) is 5. The molecule has 142 valence electrons. The van der Waals surface area contributed by atoms with Gasteiger partial charge in [-0.3, -0.25) is 9.59 Å². The summed E-state index contributed by atoms with van der Waals surface area (Å²) >= 11 is 6.31. The molecule has 1 aromatic heterocycles. The van der Waals surface area contributed by atoms with Crippen molar-refractivity contribution in [3.8, 4) is 0 Å². The molecule has 0 amide bonds. The Morgan fingerprint density at radius 1 is 1.30 bits per heavy atom. The number of carboxylic acids is 1. The van der Waals surface area contributed by atoms with Gasteiger partial charge in [0.05, 0.1) is 11.4 Å². The molecule has 3 rings (SSSR count). The van der Waals surface area contributed by atoms with Crippen molar-refractivity contribution in [2.24, 2.45) is 4.99 Å². The van der Waals surface area contributed by atoms with Crippen LogP contribution < -0.4 is 21.3 Å². The first-order chi connectivity index (χ1) is 12.9. The Kier molecular flexibility index (Phi) is 5.60. The molecule has 2 heterocycles. The van der Waals surface area contributed by atoms with Crippen LogP contribution in [0.1, 0.15) is 37.7 Å². The fourth-order valence-corrected chi connectivity index (χ4v) is 3.27. The average Bonchev–Trinajstić information content (AvgIpc) is 2.59. The zero-order valence-electron chi connectivity index (χ0n) is 15.1. The van der Waals surface area contributed by atoms with Crippen molar-refractivity contribution in [1.82, 2.24) is 9.97 Å². The van der Waals surface area contributed by atoms with E-state index in [2.05, 4.69) is 21.5 Å². The van der Waals surface area contributed by atoms with Crippen LogP contribution in [0, 0.1) is 6.92 Å². The van der Waals surface area contributed by atoms with Gasteiger partial charge < -0.3 is 15.0 Å². The largest absolute Gasteiger partial charge is 0.481 e. The number of rotatable bonds is 7. The number of nitrogens with zero attached hydrogens (tertiary/aromatic N) is 3. The highest BCUT2D eigenvalue weighted by molar-refractivity contribution is 6.31. The molecular formula is C19H21ClN4O3. The van der Waals surface area contributed by atoms with E-state index in [0.717, 1.165) is 30.5 Å². The Bertz CT molecular complexity index is 1050. The van der Waals surface area contributed by atoms with Crippen molar-refractivity contribution >= 4 is 41.3 Å². The van der Waals surface area contributed by atoms with Crippen molar-refractivity contribution in [2.45, 2.75) is 39.0 Å². The van der Waals surface area contributed by atoms with Crippen LogP contribution in [-0.4, -0.2) is 27.6 Å². The van der Waals surface area contributed by atoms with Crippen LogP contribution in [0.2, 0.25) is 5.02 Å². The highest BCUT2D eigenvalue weighted by Crippen LogP contribution is 2.38. The maximum atomic E-state index is 12.3. The van der Waals surface area contributed by atoms with E-state index in [1.165, 1.54) is 0 Å². The first-order valence-electron chi connectivity index (χ1n) is 8.84. The number of H-pyrrole nitrogens is 1. The fraction of sp³-hybridized carbons (Fsp3) is 0.368. The second kappa shape index (κ2) is 7.92. The smallest absolute Gasteiger partial charge is 0.303 e. The number of hydrogen-bond donors (Lipinski definition) is 2. The van der Waals surface area contributed by atoms with Crippen LogP contribution in [0.15, 0.2) is 21.9 Å². The number of anilines is 2. The third-order valence-electron chi connectivity index (χ3n) is 4.48. The molecular weight excluding hydrogens is 368 g/mol. The monoisotopic (exact) mass is 388 g/mol. The lowest BCUT2D eigenvalue weighted by atomic mass is 10.1. The van der Waals surface area contributed by atoms with Crippen molar-refractivity contribution in [2.75, 3.05) is 11.4 Å². The molecule has 7 nitrogen and oxygen atoms in total. The summed E-state index contributed by atoms with van der Waals surface area (Å²) in [7, 11) is 0. The molecule has 1 aliphatic heterocycles. The third kappa shape index (κ3) is 4.19. The van der Waals surface area contributed by atoms with Gasteiger partial charge in [0.1, 0.15) is 5.48 Å². The molecule has 0 saturated heterocycles. The molecule has 1 aromatic carbocycles. The van der Waals surface area contributed by atoms with E-state index in [9.17, 15) is 9.59 Å². The normalized spacial score (nSPS) is 12.3. The molecule has 0 unspecified atom stereocenters. The van der Waals surface area contributed by atoms with Gasteiger partial charge in [0.25, 0.3) is 5.56 Å². The molecule has 2 aromatic rings. The number of benzene rings is 1. The summed E-state index contributed by atoms with van der Waals surface area (Å²) in [6.07, 6.45) is 3.38. The number of halogens is 1. The van der Waals surface area contributed by atoms with Gasteiger partial charge in [-0.25, -0.2) is 9.98 Å². The number of carbonyl (C=O) groups is 1. The second-order valence-corrected chi connectivity index (χ2v) is 7.00. The van der Waals surface area contributed by atoms with E-state index in [4.69, 9.17) is 16.7 Å². The van der Waals surface area contributed by atoms with Crippen molar-refractivity contribution in [3.05, 3.63) is 43.9 Å². The molecule has 0 atom stereocenters. The molecule has 0 fully saturated rings. The van der Waals surface area contributed by atoms with Gasteiger partial charge in [-0.15, -0.1) is 0 Å². The standard InChI is InChI=1S/C19H21ClN4O3/c1-11-9-14-15(10-13(11)20)24(8-6-4-3-5-7-16(25)26)18-17(23-14)19(27)22-12(2)21-18/h9-10H,2-8H2,1H3,(H,22,27)(H,25,26). The third-order valence-corrected chi connectivity index (χ3v) is 4.89. The van der Waals surface area contributed by atoms with E-state index >= 15 is 0 Å². The van der Waals surface area contributed by atoms with E-state index in [1.807, 2.05) is 24.0 Å². The zero-order chi connectivity index (χ0) is 19.6. The van der Waals surface area contributed by atoms with Gasteiger partial charge in [-0.1, -0.05) is 31.0 Å². The van der Waals surface area contributed by atoms with Crippen LogP contribution in [0.5, 0.6) is 0 Å². The molecule has 0 bridgehead atoms. The topological polar surface area (TPSA) is 98.7 Å². The van der Waals surface area contributed by atoms with Gasteiger partial charge in [0, 0.05) is 18.0 Å². The molecule has 0 saturated carbocycles. The second-order valence-electron chi connectivity index (χ2n) is 6.60. The van der Waals surface area contributed by atoms with Crippen LogP contribution in [-0.2, 0) is 4.79 Å². The Hall–Kier alpha value is -2.67. The predicted molar refractivity (Wildman–Crippen MR) is 105 cm³/mol. The Balaban J connectivity index is 1.90. The number of aromatic nitrogens is 2. The zero-order valence-corrected chi connectivity index (χ0v) is 15.8. The molecule has 8 heteroatoms. The minimum absolute atomic E-state index is 0.185. The molecule has 0 spiro atoms. The van der Waals surface area contributed by atoms with E-state index in [1.54, 1.807) is 0 Å². The van der Waals surface area contributed by atoms with Crippen molar-refractivity contribution in [1.29, 1.82) is 0 Å². The maximum Gasteiger partial charge on any atom is 0.303 e. The summed E-state index contributed by atoms with van der Waals surface area (Å²) in [6.45, 7) is 6.25. The highest BCUT2D eigenvalue weighted by Gasteiger charge is 2.23. The summed E-state index contributed by atoms with van der Waals surface area (Å²) in [5.74, 6) is -0.298. The van der Waals surface area contributed by atoms with Gasteiger partial charge in [0.15, 0.2) is 11.2 Å². The lowest BCUT2D eigenvalue weighted by Gasteiger charge is -2.28. The fourth-order valence-electron chi connectivity index (χ4n) is 3.11. The number of fused-ring (bicyclic) bond motifs is 2. The predicted octanol–water partition coefficient (Wildman–Crippen LogP) is 2.58. The van der Waals surface area contributed by atoms with Crippen LogP contribution >= 0.6 is 11.6 Å². The number of carboxylic acid groups (broad SMARTS) is 1. The summed E-state index contributed by atoms with van der Waals surface area (Å²) in [5.41, 5.74) is 2.33. The van der Waals surface area contributed by atoms with Gasteiger partial charge in [-0.05, 0) is 37.5 Å². The van der Waals surface area contributed by atoms with Crippen LogP contribution in [0.25, 0.3) is 6.58 Å². The number of nitrogens with one attached hydrogen (secondary N) is 1. The van der Waals surface area contributed by atoms with Crippen LogP contribution in [0.3, 0.4) is 0 Å². The minimum atomic E-state index is -0.771. The lowest BCUT2D eigenvalue weighted by molar-refractivity contribution is -0.137. The first kappa shape index (κ1) is 19.1. The number of aliphatic carboxylic acids is 1. The molecule has 0 radical (unpaired) electrons. The first-order valence-corrected chi connectivity index (χ1v) is 9.22. The van der Waals surface area contributed by atoms with Crippen LogP contribution in [0.4, 0.5) is 17.2 Å². The molecule has 0 aliphatic carbocycles. The van der Waals surface area contributed by atoms with Gasteiger partial charge in [0.2, 0.25) is 0 Å². The van der Waals surface area contributed by atoms with E-state index < -0.39 is 5.97 Å². The average molecular weight is 389 g/mol. The highest BCUT2D eigenvalue weighted by atomic mass is 35.5. The minimum Gasteiger partial charge on any atom is -0.481 e. The maximum absolute atomic E-state index is 12.3. The summed E-state index contributed by atoms with van der Waals surface area (Å²) < 4.78 is 0. The summed E-state index contributed by atoms with van der Waals surface area (Å²) in [4.78, 5) is 36.3. The molecule has 2 N–H and O–H groups in total. The SMILES string of the molecule is C=c1nc2c(c(=O)[nH]1)=Nc1cc(C)c(Cl)cc1N2CCCCCCC(=O)O. The summed E-state index contributed by atoms with van der Waals surface area (Å²) in [5, 5.41) is 9.60. The number of unbranched alkanes of at least 4 members (excludes halogenated alkanes) is 3. The Morgan fingerprint density at radius 2 is 2.04 bits per heavy atom. The molecule has 1 aliphatic rings. The molecule has 27 heavy (non-hydrogen) atoms. The van der Waals surface area contributed by atoms with Gasteiger partial charge >= 0.3 is 5.97 Å². The van der Waals surface area contributed by atoms with Crippen molar-refractivity contribution in [3.63, 3.8) is 0 Å². The van der Waals surface area contributed by atoms with Crippen molar-refractivity contribution < 1.29 is 9.90 Å². The lowest BCUT2D eigenvalue weighted by Crippen LogP contribution is -2.42. The van der Waals surface area contributed by atoms with E-state index in [0.29, 0.717) is 29.5 Å². The quantitative estimate of drug-likeness (QED) is 0.710.